The zero-order chi connectivity index (χ0) is 15.9. The maximum absolute atomic E-state index is 12.0. The fraction of sp³-hybridized carbons (Fsp3) is 0.722. The molecule has 0 aromatic carbocycles. The molecule has 23 heavy (non-hydrogen) atoms. The molecule has 0 radical (unpaired) electrons. The molecule has 1 aromatic rings. The number of nitrogens with zero attached hydrogens (tertiary/aromatic N) is 3. The van der Waals surface area contributed by atoms with E-state index in [-0.39, 0.29) is 5.91 Å². The van der Waals surface area contributed by atoms with Gasteiger partial charge in [-0.3, -0.25) is 9.78 Å². The molecule has 126 valence electrons. The van der Waals surface area contributed by atoms with Crippen LogP contribution in [-0.4, -0.2) is 47.0 Å². The molecule has 0 atom stereocenters. The van der Waals surface area contributed by atoms with Gasteiger partial charge in [0.05, 0.1) is 6.20 Å². The molecule has 2 heterocycles. The lowest BCUT2D eigenvalue weighted by molar-refractivity contribution is 0.0926. The quantitative estimate of drug-likeness (QED) is 0.907. The fourth-order valence-electron chi connectivity index (χ4n) is 3.85. The Morgan fingerprint density at radius 1 is 1.09 bits per heavy atom. The second kappa shape index (κ2) is 8.39. The van der Waals surface area contributed by atoms with E-state index in [4.69, 9.17) is 0 Å². The summed E-state index contributed by atoms with van der Waals surface area (Å²) in [7, 11) is 0. The number of hydrogen-bond acceptors (Lipinski definition) is 4. The summed E-state index contributed by atoms with van der Waals surface area (Å²) >= 11 is 0. The number of amides is 1. The number of likely N-dealkylation sites (tertiary alicyclic amines) is 1. The van der Waals surface area contributed by atoms with E-state index < -0.39 is 0 Å². The van der Waals surface area contributed by atoms with Crippen molar-refractivity contribution < 1.29 is 4.79 Å². The SMILES string of the molecule is O=C(NCC1CCN(CC2CCCCC2)CC1)c1cnccn1. The summed E-state index contributed by atoms with van der Waals surface area (Å²) in [6.45, 7) is 4.41. The molecule has 1 aliphatic carbocycles. The molecule has 1 amide bonds. The second-order valence-electron chi connectivity index (χ2n) is 7.05. The molecular weight excluding hydrogens is 288 g/mol. The Balaban J connectivity index is 1.35. The lowest BCUT2D eigenvalue weighted by atomic mass is 9.88. The number of hydrogen-bond donors (Lipinski definition) is 1. The molecule has 2 aliphatic rings. The first-order chi connectivity index (χ1) is 11.3. The molecule has 5 heteroatoms. The fourth-order valence-corrected chi connectivity index (χ4v) is 3.85. The van der Waals surface area contributed by atoms with Gasteiger partial charge in [-0.15, -0.1) is 0 Å². The Morgan fingerprint density at radius 3 is 2.57 bits per heavy atom. The first kappa shape index (κ1) is 16.4. The van der Waals surface area contributed by atoms with Crippen molar-refractivity contribution in [3.63, 3.8) is 0 Å². The number of aromatic nitrogens is 2. The molecule has 1 saturated carbocycles. The van der Waals surface area contributed by atoms with Crippen LogP contribution in [0.25, 0.3) is 0 Å². The average Bonchev–Trinajstić information content (AvgIpc) is 2.62. The highest BCUT2D eigenvalue weighted by molar-refractivity contribution is 5.91. The molecule has 1 aromatic heterocycles. The smallest absolute Gasteiger partial charge is 0.271 e. The van der Waals surface area contributed by atoms with Gasteiger partial charge in [0.25, 0.3) is 5.91 Å². The molecule has 5 nitrogen and oxygen atoms in total. The minimum atomic E-state index is -0.109. The highest BCUT2D eigenvalue weighted by Gasteiger charge is 2.23. The maximum atomic E-state index is 12.0. The number of nitrogens with one attached hydrogen (secondary N) is 1. The van der Waals surface area contributed by atoms with Crippen LogP contribution in [0.4, 0.5) is 0 Å². The third kappa shape index (κ3) is 4.99. The summed E-state index contributed by atoms with van der Waals surface area (Å²) in [6.07, 6.45) is 14.2. The van der Waals surface area contributed by atoms with Crippen molar-refractivity contribution in [1.29, 1.82) is 0 Å². The largest absolute Gasteiger partial charge is 0.350 e. The molecular formula is C18H28N4O. The van der Waals surface area contributed by atoms with Gasteiger partial charge in [0, 0.05) is 25.5 Å². The van der Waals surface area contributed by atoms with E-state index >= 15 is 0 Å². The Labute approximate surface area is 138 Å². The van der Waals surface area contributed by atoms with Gasteiger partial charge in [0.15, 0.2) is 0 Å². The number of rotatable bonds is 5. The standard InChI is InChI=1S/C18H28N4O/c23-18(17-13-19-8-9-20-17)21-12-15-6-10-22(11-7-15)14-16-4-2-1-3-5-16/h8-9,13,15-16H,1-7,10-12,14H2,(H,21,23). The van der Waals surface area contributed by atoms with Gasteiger partial charge >= 0.3 is 0 Å². The lowest BCUT2D eigenvalue weighted by Crippen LogP contribution is -2.40. The van der Waals surface area contributed by atoms with Crippen LogP contribution in [0.5, 0.6) is 0 Å². The zero-order valence-electron chi connectivity index (χ0n) is 13.9. The van der Waals surface area contributed by atoms with Crippen molar-refractivity contribution in [3.05, 3.63) is 24.3 Å². The minimum Gasteiger partial charge on any atom is -0.350 e. The predicted molar refractivity (Wildman–Crippen MR) is 90.1 cm³/mol. The van der Waals surface area contributed by atoms with Crippen LogP contribution in [-0.2, 0) is 0 Å². The van der Waals surface area contributed by atoms with E-state index in [1.54, 1.807) is 12.4 Å². The summed E-state index contributed by atoms with van der Waals surface area (Å²) in [5.41, 5.74) is 0.405. The molecule has 0 bridgehead atoms. The van der Waals surface area contributed by atoms with Crippen LogP contribution in [0, 0.1) is 11.8 Å². The number of piperidine rings is 1. The first-order valence-electron chi connectivity index (χ1n) is 9.08. The Kier molecular flexibility index (Phi) is 5.97. The summed E-state index contributed by atoms with van der Waals surface area (Å²) in [5.74, 6) is 1.41. The molecule has 2 fully saturated rings. The second-order valence-corrected chi connectivity index (χ2v) is 7.05. The van der Waals surface area contributed by atoms with Gasteiger partial charge in [-0.25, -0.2) is 4.98 Å². The Hall–Kier alpha value is -1.49. The van der Waals surface area contributed by atoms with Crippen molar-refractivity contribution in [2.75, 3.05) is 26.2 Å². The van der Waals surface area contributed by atoms with E-state index in [1.807, 2.05) is 0 Å². The zero-order valence-corrected chi connectivity index (χ0v) is 13.9. The molecule has 1 saturated heterocycles. The van der Waals surface area contributed by atoms with Crippen LogP contribution in [0.15, 0.2) is 18.6 Å². The molecule has 3 rings (SSSR count). The maximum Gasteiger partial charge on any atom is 0.271 e. The van der Waals surface area contributed by atoms with Crippen molar-refractivity contribution in [3.8, 4) is 0 Å². The summed E-state index contributed by atoms with van der Waals surface area (Å²) in [5, 5.41) is 3.00. The summed E-state index contributed by atoms with van der Waals surface area (Å²) < 4.78 is 0. The highest BCUT2D eigenvalue weighted by Crippen LogP contribution is 2.26. The van der Waals surface area contributed by atoms with Gasteiger partial charge in [-0.05, 0) is 50.6 Å². The van der Waals surface area contributed by atoms with Crippen molar-refractivity contribution >= 4 is 5.91 Å². The summed E-state index contributed by atoms with van der Waals surface area (Å²) in [6, 6.07) is 0. The van der Waals surface area contributed by atoms with Crippen molar-refractivity contribution in [1.82, 2.24) is 20.2 Å². The van der Waals surface area contributed by atoms with Gasteiger partial charge < -0.3 is 10.2 Å². The van der Waals surface area contributed by atoms with Crippen molar-refractivity contribution in [2.45, 2.75) is 44.9 Å². The molecule has 1 N–H and O–H groups in total. The molecule has 0 spiro atoms. The van der Waals surface area contributed by atoms with E-state index in [0.29, 0.717) is 11.6 Å². The van der Waals surface area contributed by atoms with Gasteiger partial charge in [-0.2, -0.15) is 0 Å². The molecule has 1 aliphatic heterocycles. The predicted octanol–water partition coefficient (Wildman–Crippen LogP) is 2.50. The van der Waals surface area contributed by atoms with Crippen LogP contribution >= 0.6 is 0 Å². The van der Waals surface area contributed by atoms with Crippen molar-refractivity contribution in [2.24, 2.45) is 11.8 Å². The van der Waals surface area contributed by atoms with E-state index in [9.17, 15) is 4.79 Å². The van der Waals surface area contributed by atoms with Crippen LogP contribution in [0.1, 0.15) is 55.4 Å². The van der Waals surface area contributed by atoms with Crippen LogP contribution in [0.3, 0.4) is 0 Å². The number of carbonyl (C=O) groups is 1. The Bertz CT molecular complexity index is 479. The monoisotopic (exact) mass is 316 g/mol. The van der Waals surface area contributed by atoms with Gasteiger partial charge in [-0.1, -0.05) is 19.3 Å². The normalized spacial score (nSPS) is 21.2. The van der Waals surface area contributed by atoms with Gasteiger partial charge in [0.2, 0.25) is 0 Å². The Morgan fingerprint density at radius 2 is 1.87 bits per heavy atom. The van der Waals surface area contributed by atoms with Crippen LogP contribution < -0.4 is 5.32 Å². The lowest BCUT2D eigenvalue weighted by Gasteiger charge is -2.35. The highest BCUT2D eigenvalue weighted by atomic mass is 16.1. The average molecular weight is 316 g/mol. The summed E-state index contributed by atoms with van der Waals surface area (Å²) in [4.78, 5) is 22.6. The van der Waals surface area contributed by atoms with E-state index in [2.05, 4.69) is 20.2 Å². The topological polar surface area (TPSA) is 58.1 Å². The number of carbonyl (C=O) groups excluding carboxylic acids is 1. The molecule has 0 unspecified atom stereocenters. The first-order valence-corrected chi connectivity index (χ1v) is 9.08. The minimum absolute atomic E-state index is 0.109. The van der Waals surface area contributed by atoms with E-state index in [0.717, 1.165) is 12.5 Å². The van der Waals surface area contributed by atoms with Gasteiger partial charge in [0.1, 0.15) is 5.69 Å². The third-order valence-corrected chi connectivity index (χ3v) is 5.30. The van der Waals surface area contributed by atoms with Crippen LogP contribution in [0.2, 0.25) is 0 Å². The van der Waals surface area contributed by atoms with E-state index in [1.165, 1.54) is 70.8 Å². The third-order valence-electron chi connectivity index (χ3n) is 5.30.